The number of hydrogen-bond acceptors (Lipinski definition) is 3. The van der Waals surface area contributed by atoms with Gasteiger partial charge in [0.2, 0.25) is 0 Å². The fraction of sp³-hybridized carbons (Fsp3) is 0. The van der Waals surface area contributed by atoms with Gasteiger partial charge in [-0.3, -0.25) is 0 Å². The van der Waals surface area contributed by atoms with Crippen LogP contribution in [0.4, 0.5) is 0 Å². The van der Waals surface area contributed by atoms with Crippen LogP contribution in [0.15, 0.2) is 29.3 Å². The molecule has 0 saturated carbocycles. The molecule has 17 heavy (non-hydrogen) atoms. The van der Waals surface area contributed by atoms with Crippen LogP contribution in [0.1, 0.15) is 0 Å². The Labute approximate surface area is 135 Å². The Bertz CT molecular complexity index is 552. The third-order valence-electron chi connectivity index (χ3n) is 1.67. The zero-order valence-electron chi connectivity index (χ0n) is 9.61. The number of nitrogens with zero attached hydrogens (tertiary/aromatic N) is 2. The van der Waals surface area contributed by atoms with E-state index < -0.39 is 0 Å². The van der Waals surface area contributed by atoms with Crippen LogP contribution in [0.5, 0.6) is 0 Å². The molecule has 0 radical (unpaired) electrons. The van der Waals surface area contributed by atoms with Gasteiger partial charge in [0.25, 0.3) is 0 Å². The van der Waals surface area contributed by atoms with Gasteiger partial charge in [-0.05, 0) is 5.69 Å². The van der Waals surface area contributed by atoms with E-state index in [9.17, 15) is 4.79 Å². The number of aromatic nitrogens is 3. The molecule has 5 nitrogen and oxygen atoms in total. The second-order valence-electron chi connectivity index (χ2n) is 2.59. The fourth-order valence-electron chi connectivity index (χ4n) is 1.04. The maximum Gasteiger partial charge on any atom is 2.00 e. The predicted octanol–water partition coefficient (Wildman–Crippen LogP) is -2.91. The molecule has 7 heteroatoms. The van der Waals surface area contributed by atoms with E-state index in [-0.39, 0.29) is 68.6 Å². The van der Waals surface area contributed by atoms with E-state index >= 15 is 0 Å². The van der Waals surface area contributed by atoms with Crippen molar-refractivity contribution in [2.24, 2.45) is 0 Å². The molecule has 2 heterocycles. The fourth-order valence-corrected chi connectivity index (χ4v) is 1.04. The number of pyridine rings is 1. The first-order chi connectivity index (χ1) is 6.77. The van der Waals surface area contributed by atoms with Crippen molar-refractivity contribution in [2.75, 3.05) is 0 Å². The molecule has 2 aromatic rings. The number of rotatable bonds is 1. The Hall–Kier alpha value is -0.521. The van der Waals surface area contributed by atoms with Crippen molar-refractivity contribution < 1.29 is 50.0 Å². The van der Waals surface area contributed by atoms with Gasteiger partial charge in [0.15, 0.2) is 0 Å². The molecule has 0 atom stereocenters. The summed E-state index contributed by atoms with van der Waals surface area (Å²) in [6.45, 7) is 0. The summed E-state index contributed by atoms with van der Waals surface area (Å²) in [5, 5.41) is 7.15. The third kappa shape index (κ3) is 4.69. The van der Waals surface area contributed by atoms with Crippen LogP contribution in [0.3, 0.4) is 0 Å². The molecule has 0 fully saturated rings. The van der Waals surface area contributed by atoms with Crippen LogP contribution in [-0.2, 0) is 0 Å². The summed E-state index contributed by atoms with van der Waals surface area (Å²) in [6, 6.07) is 5.88. The first-order valence-electron chi connectivity index (χ1n) is 3.88. The van der Waals surface area contributed by atoms with Gasteiger partial charge in [-0.2, -0.15) is 12.3 Å². The largest absolute Gasteiger partial charge is 2.00 e. The molecule has 2 N–H and O–H groups in total. The molecule has 80 valence electrons. The second-order valence-corrected chi connectivity index (χ2v) is 2.59. The number of nitrogens with one attached hydrogen (secondary N) is 2. The summed E-state index contributed by atoms with van der Waals surface area (Å²) >= 11 is 0. The van der Waals surface area contributed by atoms with E-state index in [0.717, 1.165) is 0 Å². The average molecular weight is 446 g/mol. The van der Waals surface area contributed by atoms with Gasteiger partial charge < -0.3 is 33.4 Å². The third-order valence-corrected chi connectivity index (χ3v) is 1.67. The minimum Gasteiger partial charge on any atom is -0.411 e. The maximum absolute atomic E-state index is 11.4. The zero-order chi connectivity index (χ0) is 9.97. The molecule has 2 aromatic heterocycles. The second kappa shape index (κ2) is 8.55. The van der Waals surface area contributed by atoms with Crippen molar-refractivity contribution >= 4 is 0 Å². The molecule has 0 amide bonds. The molecular formula is C10H9LiN4OU. The van der Waals surface area contributed by atoms with Gasteiger partial charge in [0.1, 0.15) is 0 Å². The van der Waals surface area contributed by atoms with Crippen LogP contribution < -0.4 is 30.0 Å². The van der Waals surface area contributed by atoms with Crippen LogP contribution >= 0.6 is 0 Å². The van der Waals surface area contributed by atoms with Crippen LogP contribution in [-0.4, -0.2) is 14.5 Å². The molecule has 2 rings (SSSR count). The van der Waals surface area contributed by atoms with E-state index in [4.69, 9.17) is 5.41 Å². The Balaban J connectivity index is 0. The SMILES string of the molecule is N=c1[c-]cn(-c2cc[c-]nc2)c(=O)[nH]1.[CH3-].[Li+].[U+2]. The van der Waals surface area contributed by atoms with E-state index in [1.54, 1.807) is 12.1 Å². The van der Waals surface area contributed by atoms with Crippen molar-refractivity contribution in [3.8, 4) is 5.69 Å². The van der Waals surface area contributed by atoms with Crippen LogP contribution in [0.2, 0.25) is 0 Å². The first-order valence-corrected chi connectivity index (χ1v) is 3.88. The zero-order valence-corrected chi connectivity index (χ0v) is 13.8. The van der Waals surface area contributed by atoms with Gasteiger partial charge in [-0.25, -0.2) is 4.79 Å². The molecule has 0 bridgehead atoms. The van der Waals surface area contributed by atoms with Crippen molar-refractivity contribution in [1.29, 1.82) is 5.41 Å². The molecule has 0 saturated heterocycles. The van der Waals surface area contributed by atoms with Crippen molar-refractivity contribution in [3.63, 3.8) is 0 Å². The van der Waals surface area contributed by atoms with Crippen molar-refractivity contribution in [1.82, 2.24) is 14.5 Å². The van der Waals surface area contributed by atoms with Gasteiger partial charge in [-0.1, -0.05) is 17.9 Å². The average Bonchev–Trinajstić information content (AvgIpc) is 2.19. The molecule has 0 aliphatic carbocycles. The summed E-state index contributed by atoms with van der Waals surface area (Å²) in [6.07, 6.45) is 5.52. The molecule has 0 aromatic carbocycles. The van der Waals surface area contributed by atoms with E-state index in [0.29, 0.717) is 5.69 Å². The smallest absolute Gasteiger partial charge is 0.411 e. The standard InChI is InChI=1S/C9H6N4O.CH3.Li.U/c10-8-3-5-13(9(14)12-8)7-2-1-4-11-6-7;;;/h1-2,5-6H,(H2,10,12,14);1H3;;/q-2;-1;+1;+2. The van der Waals surface area contributed by atoms with Gasteiger partial charge in [-0.15, -0.1) is 6.07 Å². The topological polar surface area (TPSA) is 74.5 Å². The Morgan fingerprint density at radius 2 is 2.18 bits per heavy atom. The Morgan fingerprint density at radius 1 is 1.47 bits per heavy atom. The molecule has 0 aliphatic heterocycles. The molecule has 0 unspecified atom stereocenters. The van der Waals surface area contributed by atoms with Gasteiger partial charge >= 0.3 is 55.7 Å². The van der Waals surface area contributed by atoms with Crippen LogP contribution in [0.25, 0.3) is 5.69 Å². The van der Waals surface area contributed by atoms with Crippen molar-refractivity contribution in [2.45, 2.75) is 0 Å². The number of aromatic amines is 1. The minimum atomic E-state index is -0.387. The van der Waals surface area contributed by atoms with Gasteiger partial charge in [0.05, 0.1) is 0 Å². The molecule has 0 spiro atoms. The van der Waals surface area contributed by atoms with E-state index in [1.165, 1.54) is 17.0 Å². The Kier molecular flexibility index (Phi) is 9.48. The quantitative estimate of drug-likeness (QED) is 0.365. The maximum atomic E-state index is 11.4. The summed E-state index contributed by atoms with van der Waals surface area (Å²) in [5.41, 5.74) is 0.185. The first kappa shape index (κ1) is 18.8. The summed E-state index contributed by atoms with van der Waals surface area (Å²) in [4.78, 5) is 17.5. The monoisotopic (exact) mass is 446 g/mol. The number of hydrogen-bond donors (Lipinski definition) is 2. The molecule has 0 aliphatic rings. The summed E-state index contributed by atoms with van der Waals surface area (Å²) in [7, 11) is 0. The summed E-state index contributed by atoms with van der Waals surface area (Å²) in [5.74, 6) is 0. The molecular weight excluding hydrogens is 437 g/mol. The number of H-pyrrole nitrogens is 1. The van der Waals surface area contributed by atoms with Gasteiger partial charge in [0, 0.05) is 0 Å². The normalized spacial score (nSPS) is 8.24. The van der Waals surface area contributed by atoms with Crippen molar-refractivity contribution in [3.05, 3.63) is 60.2 Å². The Morgan fingerprint density at radius 3 is 2.71 bits per heavy atom. The van der Waals surface area contributed by atoms with E-state index in [2.05, 4.69) is 22.2 Å². The minimum absolute atomic E-state index is 0. The van der Waals surface area contributed by atoms with Crippen LogP contribution in [0, 0.1) is 56.2 Å². The summed E-state index contributed by atoms with van der Waals surface area (Å²) < 4.78 is 1.32. The predicted molar refractivity (Wildman–Crippen MR) is 54.1 cm³/mol. The van der Waals surface area contributed by atoms with E-state index in [1.807, 2.05) is 0 Å².